The van der Waals surface area contributed by atoms with Crippen molar-refractivity contribution in [3.63, 3.8) is 0 Å². The van der Waals surface area contributed by atoms with E-state index in [1.807, 2.05) is 0 Å². The monoisotopic (exact) mass is 485 g/mol. The Kier molecular flexibility index (Phi) is 5.79. The normalized spacial score (nSPS) is 21.0. The number of hydrogen-bond donors (Lipinski definition) is 1. The Morgan fingerprint density at radius 3 is 2.81 bits per heavy atom. The Morgan fingerprint density at radius 2 is 2.10 bits per heavy atom. The number of rotatable bonds is 6. The van der Waals surface area contributed by atoms with Gasteiger partial charge in [-0.25, -0.2) is 4.79 Å². The van der Waals surface area contributed by atoms with Gasteiger partial charge in [-0.3, -0.25) is 5.01 Å². The summed E-state index contributed by atoms with van der Waals surface area (Å²) in [5.41, 5.74) is -0.680. The second kappa shape index (κ2) is 8.24. The van der Waals surface area contributed by atoms with Gasteiger partial charge in [0.2, 0.25) is 6.10 Å². The smallest absolute Gasteiger partial charge is 0.430 e. The number of ether oxygens (including phenoxy) is 2. The fourth-order valence-electron chi connectivity index (χ4n) is 3.34. The van der Waals surface area contributed by atoms with Crippen LogP contribution in [0.2, 0.25) is 10.0 Å². The van der Waals surface area contributed by atoms with E-state index in [0.717, 1.165) is 23.9 Å². The van der Waals surface area contributed by atoms with Crippen molar-refractivity contribution in [2.24, 2.45) is 0 Å². The topological polar surface area (TPSA) is 91.2 Å². The minimum atomic E-state index is -4.90. The fourth-order valence-corrected chi connectivity index (χ4v) is 3.90. The number of fused-ring (bicyclic) bond motifs is 1. The van der Waals surface area contributed by atoms with Crippen LogP contribution in [0.5, 0.6) is 5.75 Å². The number of carbonyl (C=O) groups is 1. The molecule has 1 aromatic heterocycles. The van der Waals surface area contributed by atoms with Gasteiger partial charge in [0.15, 0.2) is 0 Å². The maximum Gasteiger partial charge on any atom is 0.430 e. The molecule has 0 spiro atoms. The lowest BCUT2D eigenvalue weighted by Crippen LogP contribution is -2.41. The Balaban J connectivity index is 1.43. The first-order chi connectivity index (χ1) is 14.7. The van der Waals surface area contributed by atoms with Gasteiger partial charge in [-0.05, 0) is 31.1 Å². The van der Waals surface area contributed by atoms with Crippen LogP contribution in [0, 0.1) is 0 Å². The zero-order chi connectivity index (χ0) is 22.3. The lowest BCUT2D eigenvalue weighted by molar-refractivity contribution is -0.190. The molecule has 2 aliphatic rings. The van der Waals surface area contributed by atoms with Crippen molar-refractivity contribution in [3.05, 3.63) is 33.3 Å². The van der Waals surface area contributed by atoms with E-state index in [2.05, 4.69) is 0 Å². The van der Waals surface area contributed by atoms with Gasteiger partial charge < -0.3 is 19.4 Å². The molecule has 4 rings (SSSR count). The second-order valence-corrected chi connectivity index (χ2v) is 7.68. The third-order valence-electron chi connectivity index (χ3n) is 4.79. The van der Waals surface area contributed by atoms with Gasteiger partial charge in [0, 0.05) is 17.1 Å². The molecule has 2 aliphatic heterocycles. The molecule has 1 unspecified atom stereocenters. The molecule has 1 N–H and O–H groups in total. The lowest BCUT2D eigenvalue weighted by Gasteiger charge is -2.28. The molecule has 0 amide bonds. The van der Waals surface area contributed by atoms with E-state index in [4.69, 9.17) is 42.1 Å². The van der Waals surface area contributed by atoms with Gasteiger partial charge in [-0.2, -0.15) is 17.8 Å². The molecule has 0 bridgehead atoms. The first-order valence-corrected chi connectivity index (χ1v) is 9.84. The predicted octanol–water partition coefficient (Wildman–Crippen LogP) is 2.62. The Bertz CT molecular complexity index is 998. The summed E-state index contributed by atoms with van der Waals surface area (Å²) in [6.45, 7) is -0.184. The average Bonchev–Trinajstić information content (AvgIpc) is 3.30. The van der Waals surface area contributed by atoms with Gasteiger partial charge in [0.1, 0.15) is 10.8 Å². The lowest BCUT2D eigenvalue weighted by atomic mass is 10.0. The maximum absolute atomic E-state index is 13.5. The summed E-state index contributed by atoms with van der Waals surface area (Å²) in [7, 11) is 0. The van der Waals surface area contributed by atoms with Crippen molar-refractivity contribution in [2.75, 3.05) is 25.0 Å². The molecule has 0 saturated carbocycles. The van der Waals surface area contributed by atoms with E-state index in [9.17, 15) is 23.1 Å². The van der Waals surface area contributed by atoms with E-state index in [1.54, 1.807) is 5.01 Å². The number of alkyl halides is 3. The van der Waals surface area contributed by atoms with Crippen LogP contribution < -0.4 is 14.6 Å². The maximum atomic E-state index is 13.5. The van der Waals surface area contributed by atoms with Crippen LogP contribution in [-0.4, -0.2) is 59.3 Å². The Hall–Kier alpha value is -2.44. The molecule has 2 aromatic rings. The number of aliphatic hydroxyl groups excluding tert-OH is 1. The zero-order valence-corrected chi connectivity index (χ0v) is 17.2. The first kappa shape index (κ1) is 21.8. The van der Waals surface area contributed by atoms with E-state index in [-0.39, 0.29) is 34.0 Å². The van der Waals surface area contributed by atoms with Crippen molar-refractivity contribution in [1.82, 2.24) is 9.98 Å². The van der Waals surface area contributed by atoms with Crippen LogP contribution >= 0.6 is 23.2 Å². The molecule has 0 aliphatic carbocycles. The number of nitrogens with zero attached hydrogens (tertiary/aromatic N) is 3. The summed E-state index contributed by atoms with van der Waals surface area (Å²) >= 11 is 11.8. The fraction of sp³-hybridized carbons (Fsp3) is 0.471. The van der Waals surface area contributed by atoms with E-state index in [0.29, 0.717) is 6.54 Å². The van der Waals surface area contributed by atoms with Crippen LogP contribution in [0.4, 0.5) is 13.2 Å². The van der Waals surface area contributed by atoms with E-state index >= 15 is 0 Å². The number of esters is 1. The predicted molar refractivity (Wildman–Crippen MR) is 100 cm³/mol. The Morgan fingerprint density at radius 1 is 1.32 bits per heavy atom. The molecular weight excluding hydrogens is 470 g/mol. The van der Waals surface area contributed by atoms with Crippen molar-refractivity contribution >= 4 is 35.2 Å². The van der Waals surface area contributed by atoms with Crippen LogP contribution in [-0.2, 0) is 9.53 Å². The Labute approximate surface area is 182 Å². The number of aromatic nitrogens is 2. The number of carbonyl (C=O) groups excluding carboxylic acids is 1. The highest BCUT2D eigenvalue weighted by Crippen LogP contribution is 2.42. The van der Waals surface area contributed by atoms with Gasteiger partial charge in [-0.15, -0.1) is 0 Å². The molecule has 1 saturated heterocycles. The number of halogens is 5. The number of hydrogen-bond acceptors (Lipinski definition) is 7. The largest absolute Gasteiger partial charge is 0.474 e. The summed E-state index contributed by atoms with van der Waals surface area (Å²) in [5.74, 6) is -1.54. The minimum Gasteiger partial charge on any atom is -0.474 e. The van der Waals surface area contributed by atoms with Crippen LogP contribution in [0.15, 0.2) is 22.3 Å². The van der Waals surface area contributed by atoms with E-state index in [1.165, 1.54) is 17.1 Å². The number of aliphatic hydroxyl groups is 1. The van der Waals surface area contributed by atoms with E-state index < -0.39 is 30.6 Å². The first-order valence-electron chi connectivity index (χ1n) is 9.08. The average molecular weight is 486 g/mol. The van der Waals surface area contributed by atoms with Crippen LogP contribution in [0.3, 0.4) is 0 Å². The molecule has 2 atom stereocenters. The summed E-state index contributed by atoms with van der Waals surface area (Å²) in [6, 6.07) is 2.40. The van der Waals surface area contributed by atoms with Crippen molar-refractivity contribution in [3.8, 4) is 5.75 Å². The van der Waals surface area contributed by atoms with Crippen LogP contribution in [0.1, 0.15) is 18.4 Å². The van der Waals surface area contributed by atoms with Crippen molar-refractivity contribution < 1.29 is 42.0 Å². The summed E-state index contributed by atoms with van der Waals surface area (Å²) in [6.07, 6.45) is -4.90. The molecule has 0 radical (unpaired) electrons. The molecule has 9 nitrogen and oxygen atoms in total. The molecule has 1 aromatic carbocycles. The molecule has 1 fully saturated rings. The molecule has 170 valence electrons. The zero-order valence-electron chi connectivity index (χ0n) is 15.6. The van der Waals surface area contributed by atoms with Gasteiger partial charge in [-0.1, -0.05) is 23.2 Å². The third kappa shape index (κ3) is 4.46. The third-order valence-corrected chi connectivity index (χ3v) is 5.29. The summed E-state index contributed by atoms with van der Waals surface area (Å²) in [5, 5.41) is 11.9. The van der Waals surface area contributed by atoms with Gasteiger partial charge in [0.25, 0.3) is 6.79 Å². The second-order valence-electron chi connectivity index (χ2n) is 6.84. The minimum absolute atomic E-state index is 0.0782. The highest BCUT2D eigenvalue weighted by Gasteiger charge is 2.49. The molecule has 3 heterocycles. The molecule has 31 heavy (non-hydrogen) atoms. The van der Waals surface area contributed by atoms with Crippen molar-refractivity contribution in [1.29, 1.82) is 0 Å². The van der Waals surface area contributed by atoms with Crippen LogP contribution in [0.25, 0.3) is 6.08 Å². The summed E-state index contributed by atoms with van der Waals surface area (Å²) in [4.78, 5) is 18.6. The number of benzene rings is 1. The van der Waals surface area contributed by atoms with Gasteiger partial charge >= 0.3 is 12.1 Å². The SMILES string of the molecule is O=C(OCOn1on1N1CCC[C@H]1CO)C1=Cc2cc(Cl)cc(Cl)c2OC1C(F)(F)F. The van der Waals surface area contributed by atoms with Gasteiger partial charge in [0.05, 0.1) is 28.2 Å². The highest BCUT2D eigenvalue weighted by atomic mass is 35.5. The van der Waals surface area contributed by atoms with Crippen molar-refractivity contribution in [2.45, 2.75) is 31.2 Å². The molecular formula is C17H16Cl2F3N3O6. The summed E-state index contributed by atoms with van der Waals surface area (Å²) < 4.78 is 55.2. The standard InChI is InChI=1S/C17H16Cl2F3N3O6/c18-10-4-9-5-12(15(17(20,21)22)30-14(9)13(19)6-10)16(27)28-8-29-25-24(31-25)23-3-1-2-11(23)7-26/h4-6,11,15,26H,1-3,7-8H2/t11-,15?,24?,25?/m0/s1. The highest BCUT2D eigenvalue weighted by molar-refractivity contribution is 6.36. The molecule has 14 heteroatoms. The quantitative estimate of drug-likeness (QED) is 0.496.